The molecule has 33 heavy (non-hydrogen) atoms. The van der Waals surface area contributed by atoms with Gasteiger partial charge in [0, 0.05) is 36.1 Å². The molecule has 176 valence electrons. The molecule has 7 nitrogen and oxygen atoms in total. The van der Waals surface area contributed by atoms with Crippen LogP contribution in [-0.4, -0.2) is 33.5 Å². The second-order valence-electron chi connectivity index (χ2n) is 8.54. The molecule has 0 saturated heterocycles. The van der Waals surface area contributed by atoms with Crippen molar-refractivity contribution in [2.45, 2.75) is 63.7 Å². The molecule has 1 aromatic heterocycles. The zero-order chi connectivity index (χ0) is 24.2. The van der Waals surface area contributed by atoms with Gasteiger partial charge in [-0.3, -0.25) is 4.79 Å². The van der Waals surface area contributed by atoms with Crippen molar-refractivity contribution in [3.05, 3.63) is 51.4 Å². The van der Waals surface area contributed by atoms with Gasteiger partial charge in [0.2, 0.25) is 0 Å². The molecule has 0 saturated carbocycles. The molecule has 10 heteroatoms. The number of rotatable bonds is 6. The number of carbonyl (C=O) groups excluding carboxylic acids is 1. The summed E-state index contributed by atoms with van der Waals surface area (Å²) >= 11 is 0. The third-order valence-electron chi connectivity index (χ3n) is 5.61. The van der Waals surface area contributed by atoms with Crippen LogP contribution in [0.15, 0.2) is 29.1 Å². The maximum atomic E-state index is 13.5. The van der Waals surface area contributed by atoms with Crippen LogP contribution >= 0.6 is 9.24 Å². The molecule has 2 unspecified atom stereocenters. The van der Waals surface area contributed by atoms with Crippen molar-refractivity contribution in [1.29, 1.82) is 5.26 Å². The lowest BCUT2D eigenvalue weighted by Crippen LogP contribution is -2.43. The van der Waals surface area contributed by atoms with E-state index in [2.05, 4.69) is 16.4 Å². The summed E-state index contributed by atoms with van der Waals surface area (Å²) in [4.78, 5) is 34.8. The number of nitrogens with one attached hydrogen (secondary N) is 2. The maximum absolute atomic E-state index is 13.5. The summed E-state index contributed by atoms with van der Waals surface area (Å²) < 4.78 is 27.1. The average Bonchev–Trinajstić information content (AvgIpc) is 2.93. The van der Waals surface area contributed by atoms with Gasteiger partial charge in [-0.25, -0.2) is 9.78 Å². The topological polar surface area (TPSA) is 102 Å². The number of carbonyl (C=O) groups is 1. The molecule has 1 aliphatic rings. The molecule has 0 aliphatic carbocycles. The van der Waals surface area contributed by atoms with E-state index in [0.29, 0.717) is 54.9 Å². The predicted octanol–water partition coefficient (Wildman–Crippen LogP) is 4.46. The first-order chi connectivity index (χ1) is 15.6. The van der Waals surface area contributed by atoms with E-state index in [1.807, 2.05) is 13.8 Å². The molecule has 2 N–H and O–H groups in total. The number of urea groups is 1. The van der Waals surface area contributed by atoms with Gasteiger partial charge < -0.3 is 15.2 Å². The number of amides is 2. The van der Waals surface area contributed by atoms with E-state index in [-0.39, 0.29) is 35.7 Å². The molecule has 3 rings (SSSR count). The van der Waals surface area contributed by atoms with Crippen LogP contribution in [0.2, 0.25) is 0 Å². The van der Waals surface area contributed by atoms with Crippen LogP contribution in [0.5, 0.6) is 0 Å². The summed E-state index contributed by atoms with van der Waals surface area (Å²) in [5.74, 6) is 0.199. The summed E-state index contributed by atoms with van der Waals surface area (Å²) in [5.41, 5.74) is -2.02. The summed E-state index contributed by atoms with van der Waals surface area (Å²) in [7, 11) is 1.50. The summed E-state index contributed by atoms with van der Waals surface area (Å²) in [6, 6.07) is 7.46. The number of benzene rings is 1. The third kappa shape index (κ3) is 6.14. The number of aromatic amines is 1. The Morgan fingerprint density at radius 3 is 2.70 bits per heavy atom. The monoisotopic (exact) mass is 475 g/mol. The molecular formula is C23H28F2N5O2P. The Labute approximate surface area is 193 Å². The van der Waals surface area contributed by atoms with Crippen LogP contribution < -0.4 is 10.9 Å². The summed E-state index contributed by atoms with van der Waals surface area (Å²) in [6.07, 6.45) is 2.32. The number of halogens is 2. The highest BCUT2D eigenvalue weighted by Gasteiger charge is 2.29. The smallest absolute Gasteiger partial charge is 0.317 e. The zero-order valence-electron chi connectivity index (χ0n) is 18.7. The molecule has 0 spiro atoms. The van der Waals surface area contributed by atoms with Crippen LogP contribution in [0.25, 0.3) is 11.4 Å². The lowest BCUT2D eigenvalue weighted by Gasteiger charge is -2.22. The fourth-order valence-corrected chi connectivity index (χ4v) is 4.12. The van der Waals surface area contributed by atoms with Crippen LogP contribution in [0.4, 0.5) is 13.6 Å². The number of hydrogen-bond acceptors (Lipinski definition) is 4. The van der Waals surface area contributed by atoms with Crippen molar-refractivity contribution in [3.8, 4) is 17.5 Å². The van der Waals surface area contributed by atoms with E-state index in [9.17, 15) is 18.4 Å². The molecule has 2 aromatic rings. The Kier molecular flexibility index (Phi) is 7.80. The van der Waals surface area contributed by atoms with E-state index < -0.39 is 5.66 Å². The molecule has 0 bridgehead atoms. The number of aromatic nitrogens is 2. The Morgan fingerprint density at radius 1 is 1.39 bits per heavy atom. The van der Waals surface area contributed by atoms with Gasteiger partial charge in [0.1, 0.15) is 5.82 Å². The molecule has 0 fully saturated rings. The largest absolute Gasteiger partial charge is 0.336 e. The van der Waals surface area contributed by atoms with Crippen LogP contribution in [-0.2, 0) is 12.2 Å². The molecule has 1 aliphatic heterocycles. The molecule has 2 heterocycles. The number of nitrogens with zero attached hydrogens (tertiary/aromatic N) is 3. The molecule has 2 atom stereocenters. The zero-order valence-corrected chi connectivity index (χ0v) is 19.9. The second-order valence-corrected chi connectivity index (χ2v) is 9.27. The molecule has 0 radical (unpaired) electrons. The van der Waals surface area contributed by atoms with Crippen LogP contribution in [0.1, 0.15) is 62.3 Å². The summed E-state index contributed by atoms with van der Waals surface area (Å²) in [5, 5.41) is 11.8. The van der Waals surface area contributed by atoms with Gasteiger partial charge in [-0.2, -0.15) is 14.0 Å². The lowest BCUT2D eigenvalue weighted by atomic mass is 9.93. The van der Waals surface area contributed by atoms with E-state index >= 15 is 0 Å². The minimum Gasteiger partial charge on any atom is -0.336 e. The average molecular weight is 475 g/mol. The Bertz CT molecular complexity index is 1090. The van der Waals surface area contributed by atoms with Gasteiger partial charge in [0.05, 0.1) is 23.9 Å². The van der Waals surface area contributed by atoms with Crippen molar-refractivity contribution in [3.63, 3.8) is 0 Å². The van der Waals surface area contributed by atoms with Crippen molar-refractivity contribution < 1.29 is 13.6 Å². The SMILES string of the molecule is CC(C)NC(=O)N1CCC(CCCC#N)c2nc(-c3ccc(C(F)(F)P)cc3)[nH]c(=O)c2C1. The van der Waals surface area contributed by atoms with Gasteiger partial charge in [0.15, 0.2) is 0 Å². The van der Waals surface area contributed by atoms with Gasteiger partial charge in [-0.1, -0.05) is 33.5 Å². The number of H-pyrrole nitrogens is 1. The Morgan fingerprint density at radius 2 is 2.09 bits per heavy atom. The molecular weight excluding hydrogens is 447 g/mol. The maximum Gasteiger partial charge on any atom is 0.317 e. The Hall–Kier alpha value is -2.85. The fraction of sp³-hybridized carbons (Fsp3) is 0.478. The van der Waals surface area contributed by atoms with E-state index in [0.717, 1.165) is 0 Å². The van der Waals surface area contributed by atoms with E-state index in [1.54, 1.807) is 4.90 Å². The first-order valence-electron chi connectivity index (χ1n) is 10.9. The van der Waals surface area contributed by atoms with Gasteiger partial charge in [-0.15, -0.1) is 0 Å². The number of unbranched alkanes of at least 4 members (excludes halogenated alkanes) is 1. The van der Waals surface area contributed by atoms with Crippen LogP contribution in [0.3, 0.4) is 0 Å². The van der Waals surface area contributed by atoms with Crippen molar-refractivity contribution in [1.82, 2.24) is 20.2 Å². The minimum atomic E-state index is -3.04. The standard InChI is InChI=1S/C23H28F2N5O2P/c1-14(2)27-22(32)30-12-10-15(5-3-4-11-26)19-18(13-30)21(31)29-20(28-19)16-6-8-17(9-7-16)23(24,25)33/h6-9,14-15H,3-5,10,12-13,33H2,1-2H3,(H,27,32)(H,28,29,31). The first-order valence-corrected chi connectivity index (χ1v) is 11.5. The third-order valence-corrected chi connectivity index (χ3v) is 5.95. The van der Waals surface area contributed by atoms with E-state index in [4.69, 9.17) is 10.2 Å². The highest BCUT2D eigenvalue weighted by Crippen LogP contribution is 2.36. The van der Waals surface area contributed by atoms with Gasteiger partial charge in [-0.05, 0) is 33.1 Å². The quantitative estimate of drug-likeness (QED) is 0.476. The van der Waals surface area contributed by atoms with Crippen LogP contribution in [0, 0.1) is 11.3 Å². The predicted molar refractivity (Wildman–Crippen MR) is 125 cm³/mol. The number of alkyl halides is 2. The normalized spacial score (nSPS) is 16.2. The van der Waals surface area contributed by atoms with Crippen molar-refractivity contribution in [2.24, 2.45) is 0 Å². The number of fused-ring (bicyclic) bond motifs is 1. The van der Waals surface area contributed by atoms with E-state index in [1.165, 1.54) is 33.5 Å². The highest BCUT2D eigenvalue weighted by atomic mass is 31.0. The number of hydrogen-bond donors (Lipinski definition) is 2. The number of nitriles is 1. The van der Waals surface area contributed by atoms with Crippen molar-refractivity contribution in [2.75, 3.05) is 6.54 Å². The van der Waals surface area contributed by atoms with Gasteiger partial charge in [0.25, 0.3) is 11.2 Å². The summed E-state index contributed by atoms with van der Waals surface area (Å²) in [6.45, 7) is 4.32. The molecule has 2 amide bonds. The highest BCUT2D eigenvalue weighted by molar-refractivity contribution is 7.17. The molecule has 1 aromatic carbocycles. The fourth-order valence-electron chi connectivity index (χ4n) is 3.93. The van der Waals surface area contributed by atoms with Crippen molar-refractivity contribution >= 4 is 15.3 Å². The lowest BCUT2D eigenvalue weighted by molar-refractivity contribution is 0.104. The first kappa shape index (κ1) is 24.8. The minimum absolute atomic E-state index is 0.0395. The van der Waals surface area contributed by atoms with Gasteiger partial charge >= 0.3 is 6.03 Å². The Balaban J connectivity index is 2.00. The second kappa shape index (κ2) is 10.4.